The van der Waals surface area contributed by atoms with Gasteiger partial charge in [0.25, 0.3) is 0 Å². The van der Waals surface area contributed by atoms with Gasteiger partial charge in [0, 0.05) is 37.1 Å². The first-order valence-electron chi connectivity index (χ1n) is 25.8. The van der Waals surface area contributed by atoms with Crippen molar-refractivity contribution in [3.63, 3.8) is 0 Å². The van der Waals surface area contributed by atoms with E-state index in [-0.39, 0.29) is 0 Å². The smallest absolute Gasteiger partial charge is 0.408 e. The van der Waals surface area contributed by atoms with E-state index in [2.05, 4.69) is 31.2 Å². The van der Waals surface area contributed by atoms with Gasteiger partial charge >= 0.3 is 17.2 Å². The standard InChI is InChI=1S/C58H60Cl4O14P2/c1-34-26-36(3)53(75-77(71-49-14-10-39(59)30-45(49)55-63-18-6-19-64-55)72-50-15-11-40(60)31-46(50)56-65-20-7-21-66-56)43(28-34)38(5)44-29-35(2)27-37(4)54(44)76-78(73-51-16-12-41(61)32-47(51)57-67-22-8-23-68-57)74-52-17-13-42(62)33-48(52)58-69-24-9-25-70-58/h10-17,26-33,38,55-58H,6-9,18-25H2,1-5H3. The summed E-state index contributed by atoms with van der Waals surface area (Å²) in [6, 6.07) is 29.4. The van der Waals surface area contributed by atoms with Gasteiger partial charge in [0.05, 0.1) is 75.1 Å². The Hall–Kier alpha value is -4.18. The normalized spacial score (nSPS) is 17.2. The van der Waals surface area contributed by atoms with Gasteiger partial charge in [-0.3, -0.25) is 0 Å². The average Bonchev–Trinajstić information content (AvgIpc) is 3.52. The second kappa shape index (κ2) is 26.6. The van der Waals surface area contributed by atoms with Crippen LogP contribution in [0.3, 0.4) is 0 Å². The SMILES string of the molecule is Cc1cc(C)c(OP(Oc2ccc(Cl)cc2C2OCCCO2)Oc2ccc(Cl)cc2C2OCCCO2)c(C(C)c2cc(C)cc(C)c2OP(Oc2ccc(Cl)cc2C2OCCCO2)Oc2ccc(Cl)cc2C2OCCCO2)c1. The first kappa shape index (κ1) is 57.1. The molecule has 4 aliphatic rings. The van der Waals surface area contributed by atoms with Gasteiger partial charge in [0.15, 0.2) is 25.2 Å². The van der Waals surface area contributed by atoms with Gasteiger partial charge in [-0.15, -0.1) is 0 Å². The van der Waals surface area contributed by atoms with Crippen molar-refractivity contribution in [3.05, 3.63) is 173 Å². The van der Waals surface area contributed by atoms with E-state index >= 15 is 0 Å². The largest absolute Gasteiger partial charge is 0.530 e. The fourth-order valence-corrected chi connectivity index (χ4v) is 12.5. The average molecular weight is 1180 g/mol. The summed E-state index contributed by atoms with van der Waals surface area (Å²) in [5.74, 6) is 2.22. The van der Waals surface area contributed by atoms with Gasteiger partial charge in [-0.25, -0.2) is 0 Å². The van der Waals surface area contributed by atoms with E-state index in [1.54, 1.807) is 72.8 Å². The molecule has 4 heterocycles. The Morgan fingerprint density at radius 2 is 0.628 bits per heavy atom. The van der Waals surface area contributed by atoms with Crippen molar-refractivity contribution in [2.75, 3.05) is 52.9 Å². The van der Waals surface area contributed by atoms with E-state index in [1.165, 1.54) is 0 Å². The van der Waals surface area contributed by atoms with Crippen LogP contribution in [0.15, 0.2) is 97.1 Å². The van der Waals surface area contributed by atoms with Crippen LogP contribution in [0.2, 0.25) is 20.1 Å². The molecule has 10 rings (SSSR count). The third-order valence-corrected chi connectivity index (χ3v) is 16.0. The highest BCUT2D eigenvalue weighted by molar-refractivity contribution is 7.43. The van der Waals surface area contributed by atoms with Crippen molar-refractivity contribution >= 4 is 63.6 Å². The van der Waals surface area contributed by atoms with Crippen LogP contribution in [-0.2, 0) is 37.9 Å². The van der Waals surface area contributed by atoms with Crippen molar-refractivity contribution < 1.29 is 65.0 Å². The van der Waals surface area contributed by atoms with Gasteiger partial charge in [-0.2, -0.15) is 0 Å². The summed E-state index contributed by atoms with van der Waals surface area (Å²) < 4.78 is 90.5. The molecular formula is C58H60Cl4O14P2. The minimum absolute atomic E-state index is 0.395. The summed E-state index contributed by atoms with van der Waals surface area (Å²) in [4.78, 5) is 0. The maximum Gasteiger partial charge on any atom is 0.530 e. The Labute approximate surface area is 477 Å². The zero-order chi connectivity index (χ0) is 54.3. The van der Waals surface area contributed by atoms with Crippen LogP contribution >= 0.6 is 63.6 Å². The van der Waals surface area contributed by atoms with E-state index in [1.807, 2.05) is 27.7 Å². The maximum absolute atomic E-state index is 7.16. The predicted octanol–water partition coefficient (Wildman–Crippen LogP) is 17.0. The minimum atomic E-state index is -2.37. The van der Waals surface area contributed by atoms with Crippen LogP contribution in [0.1, 0.15) is 119 Å². The summed E-state index contributed by atoms with van der Waals surface area (Å²) >= 11 is 26.5. The lowest BCUT2D eigenvalue weighted by molar-refractivity contribution is -0.183. The lowest BCUT2D eigenvalue weighted by Gasteiger charge is -2.29. The third kappa shape index (κ3) is 14.1. The van der Waals surface area contributed by atoms with Gasteiger partial charge < -0.3 is 65.0 Å². The number of benzene rings is 6. The van der Waals surface area contributed by atoms with Crippen LogP contribution in [0, 0.1) is 27.7 Å². The number of hydrogen-bond donors (Lipinski definition) is 0. The minimum Gasteiger partial charge on any atom is -0.408 e. The Bertz CT molecular complexity index is 2700. The highest BCUT2D eigenvalue weighted by atomic mass is 35.5. The summed E-state index contributed by atoms with van der Waals surface area (Å²) in [5, 5.41) is 1.91. The molecule has 4 aliphatic heterocycles. The van der Waals surface area contributed by atoms with E-state index < -0.39 is 48.3 Å². The molecule has 0 radical (unpaired) electrons. The molecule has 4 saturated heterocycles. The fraction of sp³-hybridized carbons (Fsp3) is 0.379. The quantitative estimate of drug-likeness (QED) is 0.0757. The molecule has 0 aliphatic carbocycles. The number of ether oxygens (including phenoxy) is 8. The number of aryl methyl sites for hydroxylation is 4. The Morgan fingerprint density at radius 1 is 0.372 bits per heavy atom. The molecule has 0 saturated carbocycles. The highest BCUT2D eigenvalue weighted by Crippen LogP contribution is 2.54. The molecule has 4 fully saturated rings. The number of rotatable bonds is 18. The highest BCUT2D eigenvalue weighted by Gasteiger charge is 2.35. The summed E-state index contributed by atoms with van der Waals surface area (Å²) in [7, 11) is -4.74. The topological polar surface area (TPSA) is 129 Å². The van der Waals surface area contributed by atoms with Gasteiger partial charge in [0.2, 0.25) is 0 Å². The van der Waals surface area contributed by atoms with Crippen molar-refractivity contribution in [2.24, 2.45) is 0 Å². The molecule has 78 heavy (non-hydrogen) atoms. The Balaban J connectivity index is 1.05. The number of halogens is 4. The first-order valence-corrected chi connectivity index (χ1v) is 29.5. The Kier molecular flexibility index (Phi) is 19.5. The molecule has 0 spiro atoms. The third-order valence-electron chi connectivity index (χ3n) is 13.1. The maximum atomic E-state index is 7.16. The monoisotopic (exact) mass is 1180 g/mol. The van der Waals surface area contributed by atoms with Crippen molar-refractivity contribution in [1.82, 2.24) is 0 Å². The second-order valence-electron chi connectivity index (χ2n) is 19.2. The second-order valence-corrected chi connectivity index (χ2v) is 22.9. The molecule has 0 bridgehead atoms. The van der Waals surface area contributed by atoms with Gasteiger partial charge in [-0.05, 0) is 137 Å². The molecule has 0 amide bonds. The summed E-state index contributed by atoms with van der Waals surface area (Å²) in [6.07, 6.45) is 0.0582. The van der Waals surface area contributed by atoms with Gasteiger partial charge in [0.1, 0.15) is 34.5 Å². The van der Waals surface area contributed by atoms with Crippen LogP contribution in [-0.4, -0.2) is 52.9 Å². The molecule has 6 aromatic rings. The van der Waals surface area contributed by atoms with Crippen LogP contribution in [0.25, 0.3) is 0 Å². The van der Waals surface area contributed by atoms with Crippen molar-refractivity contribution in [2.45, 2.75) is 91.4 Å². The zero-order valence-electron chi connectivity index (χ0n) is 43.7. The molecule has 6 aromatic carbocycles. The van der Waals surface area contributed by atoms with Crippen LogP contribution in [0.5, 0.6) is 34.5 Å². The Morgan fingerprint density at radius 3 is 0.885 bits per heavy atom. The van der Waals surface area contributed by atoms with Crippen LogP contribution in [0.4, 0.5) is 0 Å². The lowest BCUT2D eigenvalue weighted by Crippen LogP contribution is -2.19. The molecule has 20 heteroatoms. The molecule has 0 aromatic heterocycles. The van der Waals surface area contributed by atoms with Crippen molar-refractivity contribution in [1.29, 1.82) is 0 Å². The van der Waals surface area contributed by atoms with Gasteiger partial charge in [-0.1, -0.05) is 88.7 Å². The molecule has 14 nitrogen and oxygen atoms in total. The summed E-state index contributed by atoms with van der Waals surface area (Å²) in [5.41, 5.74) is 7.61. The van der Waals surface area contributed by atoms with E-state index in [0.29, 0.717) is 130 Å². The molecular weight excluding hydrogens is 1120 g/mol. The molecule has 0 unspecified atom stereocenters. The van der Waals surface area contributed by atoms with Crippen LogP contribution < -0.4 is 27.1 Å². The molecule has 0 N–H and O–H groups in total. The fourth-order valence-electron chi connectivity index (χ4n) is 9.43. The number of hydrogen-bond acceptors (Lipinski definition) is 14. The predicted molar refractivity (Wildman–Crippen MR) is 300 cm³/mol. The van der Waals surface area contributed by atoms with E-state index in [0.717, 1.165) is 59.1 Å². The molecule has 414 valence electrons. The first-order chi connectivity index (χ1) is 37.8. The van der Waals surface area contributed by atoms with Crippen molar-refractivity contribution in [3.8, 4) is 34.5 Å². The van der Waals surface area contributed by atoms with E-state index in [9.17, 15) is 0 Å². The molecule has 0 atom stereocenters. The lowest BCUT2D eigenvalue weighted by atomic mass is 9.87. The van der Waals surface area contributed by atoms with E-state index in [4.69, 9.17) is 111 Å². The summed E-state index contributed by atoms with van der Waals surface area (Å²) in [6.45, 7) is 14.2. The zero-order valence-corrected chi connectivity index (χ0v) is 48.5.